The number of anilines is 1. The van der Waals surface area contributed by atoms with Crippen LogP contribution in [0.4, 0.5) is 5.13 Å². The van der Waals surface area contributed by atoms with Crippen molar-refractivity contribution in [2.75, 3.05) is 17.3 Å². The molecule has 1 N–H and O–H groups in total. The third kappa shape index (κ3) is 3.75. The first-order valence-electron chi connectivity index (χ1n) is 5.33. The second kappa shape index (κ2) is 6.85. The number of hydrogen-bond acceptors (Lipinski definition) is 5. The van der Waals surface area contributed by atoms with Crippen LogP contribution in [-0.4, -0.2) is 28.1 Å². The molecule has 90 valence electrons. The Bertz CT molecular complexity index is 337. The lowest BCUT2D eigenvalue weighted by Crippen LogP contribution is -2.13. The van der Waals surface area contributed by atoms with Crippen LogP contribution in [0.3, 0.4) is 0 Å². The Morgan fingerprint density at radius 1 is 1.44 bits per heavy atom. The molecule has 0 aliphatic rings. The van der Waals surface area contributed by atoms with Crippen molar-refractivity contribution in [1.29, 1.82) is 0 Å². The fraction of sp³-hybridized carbons (Fsp3) is 0.700. The van der Waals surface area contributed by atoms with Gasteiger partial charge >= 0.3 is 0 Å². The summed E-state index contributed by atoms with van der Waals surface area (Å²) in [5.41, 5.74) is 0. The van der Waals surface area contributed by atoms with E-state index in [-0.39, 0.29) is 5.91 Å². The van der Waals surface area contributed by atoms with Gasteiger partial charge in [0.1, 0.15) is 5.01 Å². The largest absolute Gasteiger partial charge is 0.300 e. The molecule has 0 radical (unpaired) electrons. The zero-order valence-corrected chi connectivity index (χ0v) is 11.5. The Hall–Kier alpha value is -0.620. The fourth-order valence-electron chi connectivity index (χ4n) is 1.37. The minimum atomic E-state index is -0.0141. The summed E-state index contributed by atoms with van der Waals surface area (Å²) >= 11 is 2.98. The van der Waals surface area contributed by atoms with Gasteiger partial charge in [0.25, 0.3) is 0 Å². The van der Waals surface area contributed by atoms with Gasteiger partial charge in [-0.15, -0.1) is 10.2 Å². The molecule has 16 heavy (non-hydrogen) atoms. The van der Waals surface area contributed by atoms with Crippen molar-refractivity contribution in [3.05, 3.63) is 5.01 Å². The summed E-state index contributed by atoms with van der Waals surface area (Å²) in [6.45, 7) is 4.28. The molecule has 0 spiro atoms. The number of nitrogens with zero attached hydrogens (tertiary/aromatic N) is 2. The normalized spacial score (nSPS) is 10.8. The Kier molecular flexibility index (Phi) is 5.76. The first kappa shape index (κ1) is 13.4. The predicted octanol–water partition coefficient (Wildman–Crippen LogP) is 2.74. The molecule has 0 aliphatic heterocycles. The molecule has 0 saturated heterocycles. The standard InChI is InChI=1S/C10H17N3OS2/c1-4-7(5-2)9-12-13-10(16-9)11-8(14)6-15-3/h7H,4-6H2,1-3H3,(H,11,13,14). The summed E-state index contributed by atoms with van der Waals surface area (Å²) < 4.78 is 0. The molecule has 0 saturated carbocycles. The molecule has 6 heteroatoms. The molecule has 0 aromatic carbocycles. The van der Waals surface area contributed by atoms with Crippen LogP contribution in [0.25, 0.3) is 0 Å². The van der Waals surface area contributed by atoms with E-state index >= 15 is 0 Å². The number of aromatic nitrogens is 2. The van der Waals surface area contributed by atoms with Crippen LogP contribution in [-0.2, 0) is 4.79 Å². The van der Waals surface area contributed by atoms with E-state index in [1.54, 1.807) is 0 Å². The highest BCUT2D eigenvalue weighted by molar-refractivity contribution is 7.99. The summed E-state index contributed by atoms with van der Waals surface area (Å²) in [7, 11) is 0. The van der Waals surface area contributed by atoms with Crippen LogP contribution >= 0.6 is 23.1 Å². The monoisotopic (exact) mass is 259 g/mol. The fourth-order valence-corrected chi connectivity index (χ4v) is 2.74. The van der Waals surface area contributed by atoms with Crippen LogP contribution in [0.5, 0.6) is 0 Å². The zero-order valence-electron chi connectivity index (χ0n) is 9.82. The Morgan fingerprint density at radius 2 is 2.12 bits per heavy atom. The van der Waals surface area contributed by atoms with E-state index < -0.39 is 0 Å². The minimum absolute atomic E-state index is 0.0141. The number of carbonyl (C=O) groups is 1. The second-order valence-electron chi connectivity index (χ2n) is 3.44. The van der Waals surface area contributed by atoms with E-state index in [9.17, 15) is 4.79 Å². The van der Waals surface area contributed by atoms with Gasteiger partial charge in [0.2, 0.25) is 11.0 Å². The average molecular weight is 259 g/mol. The molecule has 1 amide bonds. The zero-order chi connectivity index (χ0) is 12.0. The molecule has 1 aromatic heterocycles. The number of carbonyl (C=O) groups excluding carboxylic acids is 1. The first-order chi connectivity index (χ1) is 7.71. The Balaban J connectivity index is 2.60. The van der Waals surface area contributed by atoms with Crippen molar-refractivity contribution in [2.24, 2.45) is 0 Å². The van der Waals surface area contributed by atoms with Gasteiger partial charge in [-0.05, 0) is 19.1 Å². The molecule has 1 aromatic rings. The summed E-state index contributed by atoms with van der Waals surface area (Å²) in [6.07, 6.45) is 4.02. The lowest BCUT2D eigenvalue weighted by Gasteiger charge is -2.05. The van der Waals surface area contributed by atoms with Crippen molar-refractivity contribution in [2.45, 2.75) is 32.6 Å². The third-order valence-electron chi connectivity index (χ3n) is 2.30. The molecule has 0 bridgehead atoms. The SMILES string of the molecule is CCC(CC)c1nnc(NC(=O)CSC)s1. The second-order valence-corrected chi connectivity index (χ2v) is 5.32. The summed E-state index contributed by atoms with van der Waals surface area (Å²) in [5.74, 6) is 0.906. The van der Waals surface area contributed by atoms with Gasteiger partial charge in [0, 0.05) is 5.92 Å². The highest BCUT2D eigenvalue weighted by Gasteiger charge is 2.14. The van der Waals surface area contributed by atoms with Crippen LogP contribution in [0.2, 0.25) is 0 Å². The van der Waals surface area contributed by atoms with E-state index in [4.69, 9.17) is 0 Å². The Labute approximate surface area is 104 Å². The van der Waals surface area contributed by atoms with E-state index in [0.717, 1.165) is 17.8 Å². The lowest BCUT2D eigenvalue weighted by atomic mass is 10.1. The number of thioether (sulfide) groups is 1. The van der Waals surface area contributed by atoms with E-state index in [1.165, 1.54) is 23.1 Å². The van der Waals surface area contributed by atoms with Crippen molar-refractivity contribution < 1.29 is 4.79 Å². The maximum absolute atomic E-state index is 11.3. The predicted molar refractivity (Wildman–Crippen MR) is 70.2 cm³/mol. The third-order valence-corrected chi connectivity index (χ3v) is 3.85. The quantitative estimate of drug-likeness (QED) is 0.853. The van der Waals surface area contributed by atoms with Gasteiger partial charge in [0.05, 0.1) is 5.75 Å². The number of amides is 1. The molecule has 0 atom stereocenters. The van der Waals surface area contributed by atoms with Gasteiger partial charge < -0.3 is 0 Å². The molecule has 0 aliphatic carbocycles. The van der Waals surface area contributed by atoms with Gasteiger partial charge in [-0.3, -0.25) is 10.1 Å². The summed E-state index contributed by atoms with van der Waals surface area (Å²) in [6, 6.07) is 0. The highest BCUT2D eigenvalue weighted by Crippen LogP contribution is 2.27. The molecule has 1 heterocycles. The first-order valence-corrected chi connectivity index (χ1v) is 7.54. The van der Waals surface area contributed by atoms with Gasteiger partial charge in [0.15, 0.2) is 0 Å². The maximum Gasteiger partial charge on any atom is 0.236 e. The average Bonchev–Trinajstić information content (AvgIpc) is 2.68. The molecule has 0 unspecified atom stereocenters. The van der Waals surface area contributed by atoms with Crippen LogP contribution in [0.1, 0.15) is 37.6 Å². The molecular formula is C10H17N3OS2. The van der Waals surface area contributed by atoms with E-state index in [2.05, 4.69) is 29.4 Å². The number of nitrogens with one attached hydrogen (secondary N) is 1. The summed E-state index contributed by atoms with van der Waals surface area (Å²) in [5, 5.41) is 12.5. The van der Waals surface area contributed by atoms with Crippen molar-refractivity contribution in [3.8, 4) is 0 Å². The Morgan fingerprint density at radius 3 is 2.69 bits per heavy atom. The van der Waals surface area contributed by atoms with Gasteiger partial charge in [-0.1, -0.05) is 25.2 Å². The molecule has 1 rings (SSSR count). The number of hydrogen-bond donors (Lipinski definition) is 1. The number of rotatable bonds is 6. The molecule has 0 fully saturated rings. The highest BCUT2D eigenvalue weighted by atomic mass is 32.2. The lowest BCUT2D eigenvalue weighted by molar-refractivity contribution is -0.113. The van der Waals surface area contributed by atoms with Crippen LogP contribution in [0, 0.1) is 0 Å². The van der Waals surface area contributed by atoms with Gasteiger partial charge in [-0.25, -0.2) is 0 Å². The van der Waals surface area contributed by atoms with E-state index in [0.29, 0.717) is 16.8 Å². The summed E-state index contributed by atoms with van der Waals surface area (Å²) in [4.78, 5) is 11.3. The maximum atomic E-state index is 11.3. The van der Waals surface area contributed by atoms with Crippen LogP contribution in [0.15, 0.2) is 0 Å². The van der Waals surface area contributed by atoms with Crippen molar-refractivity contribution in [3.63, 3.8) is 0 Å². The minimum Gasteiger partial charge on any atom is -0.300 e. The van der Waals surface area contributed by atoms with Gasteiger partial charge in [-0.2, -0.15) is 11.8 Å². The van der Waals surface area contributed by atoms with Crippen molar-refractivity contribution >= 4 is 34.1 Å². The topological polar surface area (TPSA) is 54.9 Å². The van der Waals surface area contributed by atoms with Crippen molar-refractivity contribution in [1.82, 2.24) is 10.2 Å². The smallest absolute Gasteiger partial charge is 0.236 e. The van der Waals surface area contributed by atoms with E-state index in [1.807, 2.05) is 6.26 Å². The molecular weight excluding hydrogens is 242 g/mol. The molecule has 4 nitrogen and oxygen atoms in total. The van der Waals surface area contributed by atoms with Crippen LogP contribution < -0.4 is 5.32 Å².